The number of amides is 5. The van der Waals surface area contributed by atoms with Crippen LogP contribution in [-0.2, 0) is 36.9 Å². The first kappa shape index (κ1) is 56.8. The van der Waals surface area contributed by atoms with Crippen LogP contribution in [0.1, 0.15) is 99.1 Å². The summed E-state index contributed by atoms with van der Waals surface area (Å²) in [6, 6.07) is 25.7. The summed E-state index contributed by atoms with van der Waals surface area (Å²) in [5, 5.41) is 1.79. The highest BCUT2D eigenvalue weighted by Crippen LogP contribution is 2.29. The van der Waals surface area contributed by atoms with Crippen molar-refractivity contribution in [2.24, 2.45) is 17.6 Å². The predicted octanol–water partition coefficient (Wildman–Crippen LogP) is 8.72. The van der Waals surface area contributed by atoms with Gasteiger partial charge < -0.3 is 40.1 Å². The molecule has 0 saturated carbocycles. The Morgan fingerprint density at radius 3 is 1.30 bits per heavy atom. The van der Waals surface area contributed by atoms with Crippen molar-refractivity contribution in [3.8, 4) is 0 Å². The SMILES string of the molecule is CC(C)(C)OC(=O)N1CCC(C(=O)N(Cc2ccc(C(=O)CN)cc2F)c2ccccc2)CC1.CC(C)(C)OC(=O)N1CCC(C(=O)N(Cc2ccc(C(=O)CNC(=O)C(F)F)cc2F)c2ccccc2)CC1. The molecule has 15 nitrogen and oxygen atoms in total. The maximum atomic E-state index is 15.0. The van der Waals surface area contributed by atoms with Crippen molar-refractivity contribution in [2.45, 2.75) is 97.9 Å². The van der Waals surface area contributed by atoms with Crippen LogP contribution >= 0.6 is 0 Å². The number of Topliss-reactive ketones (excluding diaryl/α,β-unsaturated/α-hetero) is 2. The lowest BCUT2D eigenvalue weighted by atomic mass is 9.94. The summed E-state index contributed by atoms with van der Waals surface area (Å²) in [5.41, 5.74) is 5.93. The van der Waals surface area contributed by atoms with E-state index in [2.05, 4.69) is 0 Å². The Morgan fingerprint density at radius 2 is 0.973 bits per heavy atom. The first-order valence-corrected chi connectivity index (χ1v) is 24.0. The number of rotatable bonds is 14. The number of carbonyl (C=O) groups is 7. The third-order valence-corrected chi connectivity index (χ3v) is 11.9. The zero-order chi connectivity index (χ0) is 53.6. The average Bonchev–Trinajstić information content (AvgIpc) is 3.36. The molecule has 5 amide bonds. The van der Waals surface area contributed by atoms with Gasteiger partial charge in [-0.1, -0.05) is 60.7 Å². The number of ether oxygens (including phenoxy) is 2. The van der Waals surface area contributed by atoms with Gasteiger partial charge in [0.05, 0.1) is 26.2 Å². The van der Waals surface area contributed by atoms with Gasteiger partial charge in [0, 0.05) is 71.6 Å². The number of nitrogens with zero attached hydrogens (tertiary/aromatic N) is 4. The van der Waals surface area contributed by atoms with E-state index < -0.39 is 59.5 Å². The number of hydrogen-bond acceptors (Lipinski definition) is 10. The van der Waals surface area contributed by atoms with E-state index in [1.807, 2.05) is 39.0 Å². The van der Waals surface area contributed by atoms with Gasteiger partial charge in [-0.25, -0.2) is 18.4 Å². The van der Waals surface area contributed by atoms with Crippen molar-refractivity contribution in [1.29, 1.82) is 0 Å². The zero-order valence-corrected chi connectivity index (χ0v) is 42.0. The lowest BCUT2D eigenvalue weighted by molar-refractivity contribution is -0.131. The molecule has 2 saturated heterocycles. The fraction of sp³-hybridized carbons (Fsp3) is 0.426. The van der Waals surface area contributed by atoms with E-state index in [0.717, 1.165) is 12.1 Å². The largest absolute Gasteiger partial charge is 0.444 e. The smallest absolute Gasteiger partial charge is 0.410 e. The quantitative estimate of drug-likeness (QED) is 0.0913. The number of nitrogens with one attached hydrogen (secondary N) is 1. The van der Waals surface area contributed by atoms with E-state index in [4.69, 9.17) is 15.2 Å². The van der Waals surface area contributed by atoms with Crippen molar-refractivity contribution >= 4 is 52.8 Å². The zero-order valence-electron chi connectivity index (χ0n) is 42.0. The number of hydrogen-bond donors (Lipinski definition) is 2. The Kier molecular flexibility index (Phi) is 19.8. The minimum absolute atomic E-state index is 0.0258. The van der Waals surface area contributed by atoms with Crippen LogP contribution in [0, 0.1) is 23.5 Å². The Morgan fingerprint density at radius 1 is 0.603 bits per heavy atom. The normalized spacial score (nSPS) is 14.4. The van der Waals surface area contributed by atoms with Crippen LogP contribution in [0.25, 0.3) is 0 Å². The highest BCUT2D eigenvalue weighted by atomic mass is 19.3. The summed E-state index contributed by atoms with van der Waals surface area (Å²) in [5.74, 6) is -5.04. The van der Waals surface area contributed by atoms with Crippen molar-refractivity contribution in [2.75, 3.05) is 49.1 Å². The predicted molar refractivity (Wildman–Crippen MR) is 266 cm³/mol. The highest BCUT2D eigenvalue weighted by molar-refractivity contribution is 6.00. The molecule has 0 radical (unpaired) electrons. The fourth-order valence-corrected chi connectivity index (χ4v) is 8.02. The Balaban J connectivity index is 0.000000273. The van der Waals surface area contributed by atoms with Gasteiger partial charge in [-0.05, 0) is 104 Å². The number of benzene rings is 4. The van der Waals surface area contributed by atoms with E-state index >= 15 is 4.39 Å². The molecule has 2 heterocycles. The topological polar surface area (TPSA) is 189 Å². The van der Waals surface area contributed by atoms with Crippen LogP contribution in [0.3, 0.4) is 0 Å². The second kappa shape index (κ2) is 25.5. The van der Waals surface area contributed by atoms with E-state index in [9.17, 15) is 46.7 Å². The maximum absolute atomic E-state index is 15.0. The van der Waals surface area contributed by atoms with E-state index in [0.29, 0.717) is 68.8 Å². The van der Waals surface area contributed by atoms with Gasteiger partial charge in [0.2, 0.25) is 11.8 Å². The molecule has 0 unspecified atom stereocenters. The van der Waals surface area contributed by atoms with Crippen LogP contribution in [0.4, 0.5) is 38.5 Å². The molecule has 19 heteroatoms. The summed E-state index contributed by atoms with van der Waals surface area (Å²) >= 11 is 0. The van der Waals surface area contributed by atoms with Crippen LogP contribution in [0.5, 0.6) is 0 Å². The fourth-order valence-electron chi connectivity index (χ4n) is 8.02. The van der Waals surface area contributed by atoms with E-state index in [1.54, 1.807) is 83.3 Å². The molecule has 0 aromatic heterocycles. The van der Waals surface area contributed by atoms with Gasteiger partial charge in [-0.2, -0.15) is 8.78 Å². The second-order valence-corrected chi connectivity index (χ2v) is 19.7. The number of anilines is 2. The lowest BCUT2D eigenvalue weighted by Gasteiger charge is -2.35. The summed E-state index contributed by atoms with van der Waals surface area (Å²) in [7, 11) is 0. The molecule has 2 aliphatic heterocycles. The maximum Gasteiger partial charge on any atom is 0.410 e. The van der Waals surface area contributed by atoms with Crippen LogP contribution in [-0.4, -0.2) is 108 Å². The molecular weight excluding hydrogens is 953 g/mol. The molecule has 0 bridgehead atoms. The van der Waals surface area contributed by atoms with Gasteiger partial charge in [-0.3, -0.25) is 24.0 Å². The third kappa shape index (κ3) is 16.7. The number of ketones is 2. The first-order chi connectivity index (χ1) is 34.4. The van der Waals surface area contributed by atoms with Crippen molar-refractivity contribution in [3.63, 3.8) is 0 Å². The third-order valence-electron chi connectivity index (χ3n) is 11.9. The molecule has 73 heavy (non-hydrogen) atoms. The molecule has 0 spiro atoms. The first-order valence-electron chi connectivity index (χ1n) is 24.0. The van der Waals surface area contributed by atoms with Crippen molar-refractivity contribution in [1.82, 2.24) is 15.1 Å². The Bertz CT molecular complexity index is 2570. The minimum atomic E-state index is -3.26. The monoisotopic (exact) mass is 1020 g/mol. The van der Waals surface area contributed by atoms with Gasteiger partial charge in [0.1, 0.15) is 22.8 Å². The van der Waals surface area contributed by atoms with Crippen LogP contribution in [0.15, 0.2) is 97.1 Å². The van der Waals surface area contributed by atoms with Gasteiger partial charge >= 0.3 is 18.6 Å². The number of para-hydroxylation sites is 2. The van der Waals surface area contributed by atoms with Crippen molar-refractivity contribution < 1.29 is 60.6 Å². The molecule has 0 aliphatic carbocycles. The van der Waals surface area contributed by atoms with Gasteiger partial charge in [0.25, 0.3) is 5.91 Å². The second-order valence-electron chi connectivity index (χ2n) is 19.7. The number of piperidine rings is 2. The molecule has 4 aromatic carbocycles. The minimum Gasteiger partial charge on any atom is -0.444 e. The van der Waals surface area contributed by atoms with Crippen LogP contribution in [0.2, 0.25) is 0 Å². The summed E-state index contributed by atoms with van der Waals surface area (Å²) in [6.07, 6.45) is -2.25. The molecular formula is C54H64F4N6O9. The number of nitrogens with two attached hydrogens (primary N) is 1. The van der Waals surface area contributed by atoms with Gasteiger partial charge in [0.15, 0.2) is 11.6 Å². The molecule has 0 atom stereocenters. The number of likely N-dealkylation sites (tertiary alicyclic amines) is 2. The molecule has 392 valence electrons. The standard InChI is InChI=1S/C28H32F3N3O5.C26H32FN3O4/c1-28(2,3)39-27(38)33-13-11-18(12-14-33)26(37)34(21-7-5-4-6-8-21)17-20-10-9-19(15-22(20)29)23(35)16-32-25(36)24(30)31;1-26(2,3)34-25(33)29-13-11-18(12-14-29)24(32)30(21-7-5-4-6-8-21)17-20-10-9-19(15-22(20)27)23(31)16-28/h4-10,15,18,24H,11-14,16-17H2,1-3H3,(H,32,36);4-10,15,18H,11-14,16-17,28H2,1-3H3. The number of alkyl halides is 2. The Hall–Kier alpha value is -7.15. The lowest BCUT2D eigenvalue weighted by Crippen LogP contribution is -2.45. The Labute approximate surface area is 422 Å². The average molecular weight is 1020 g/mol. The number of halogens is 4. The van der Waals surface area contributed by atoms with E-state index in [1.165, 1.54) is 29.2 Å². The highest BCUT2D eigenvalue weighted by Gasteiger charge is 2.35. The molecule has 4 aromatic rings. The number of carbonyl (C=O) groups excluding carboxylic acids is 7. The van der Waals surface area contributed by atoms with Gasteiger partial charge in [-0.15, -0.1) is 0 Å². The molecule has 2 aliphatic rings. The van der Waals surface area contributed by atoms with E-state index in [-0.39, 0.29) is 65.9 Å². The van der Waals surface area contributed by atoms with Crippen molar-refractivity contribution in [3.05, 3.63) is 131 Å². The van der Waals surface area contributed by atoms with Crippen LogP contribution < -0.4 is 20.9 Å². The molecule has 3 N–H and O–H groups in total. The summed E-state index contributed by atoms with van der Waals surface area (Å²) < 4.78 is 65.4. The summed E-state index contributed by atoms with van der Waals surface area (Å²) in [6.45, 7) is 11.3. The molecule has 6 rings (SSSR count). The summed E-state index contributed by atoms with van der Waals surface area (Å²) in [4.78, 5) is 93.1. The molecule has 2 fully saturated rings.